The molecule has 2 atom stereocenters. The quantitative estimate of drug-likeness (QED) is 0.667. The molecule has 0 aliphatic carbocycles. The number of aliphatic hydroxyl groups excluding tert-OH is 2. The van der Waals surface area contributed by atoms with E-state index in [2.05, 4.69) is 10.1 Å². The molecule has 1 aromatic rings. The smallest absolute Gasteiger partial charge is 0.240 e. The van der Waals surface area contributed by atoms with Crippen LogP contribution in [-0.2, 0) is 22.8 Å². The van der Waals surface area contributed by atoms with E-state index in [0.29, 0.717) is 24.1 Å². The van der Waals surface area contributed by atoms with Gasteiger partial charge in [0.05, 0.1) is 36.8 Å². The maximum atomic E-state index is 11.6. The summed E-state index contributed by atoms with van der Waals surface area (Å²) in [5.41, 5.74) is 0. The minimum atomic E-state index is -3.25. The first kappa shape index (κ1) is 17.3. The molecule has 1 aliphatic heterocycles. The maximum absolute atomic E-state index is 11.6. The van der Waals surface area contributed by atoms with Crippen molar-refractivity contribution in [2.45, 2.75) is 39.0 Å². The zero-order valence-corrected chi connectivity index (χ0v) is 13.7. The fourth-order valence-corrected chi connectivity index (χ4v) is 4.46. The summed E-state index contributed by atoms with van der Waals surface area (Å²) < 4.78 is 28.4. The Morgan fingerprint density at radius 1 is 1.41 bits per heavy atom. The van der Waals surface area contributed by atoms with Crippen molar-refractivity contribution in [2.24, 2.45) is 5.92 Å². The molecule has 126 valence electrons. The molecular formula is C13H23N3O5S. The molecule has 9 heteroatoms. The van der Waals surface area contributed by atoms with Crippen LogP contribution in [0.1, 0.15) is 25.6 Å². The van der Waals surface area contributed by atoms with Crippen LogP contribution in [0.2, 0.25) is 0 Å². The van der Waals surface area contributed by atoms with Gasteiger partial charge in [0.1, 0.15) is 0 Å². The summed E-state index contributed by atoms with van der Waals surface area (Å²) in [6.07, 6.45) is -0.265. The predicted molar refractivity (Wildman–Crippen MR) is 78.8 cm³/mol. The molecular weight excluding hydrogens is 310 g/mol. The third-order valence-corrected chi connectivity index (χ3v) is 5.29. The van der Waals surface area contributed by atoms with Crippen LogP contribution in [0.5, 0.6) is 0 Å². The van der Waals surface area contributed by atoms with E-state index in [1.807, 2.05) is 13.8 Å². The van der Waals surface area contributed by atoms with Gasteiger partial charge in [0.15, 0.2) is 15.7 Å². The number of rotatable bonds is 7. The summed E-state index contributed by atoms with van der Waals surface area (Å²) in [7, 11) is -3.25. The van der Waals surface area contributed by atoms with Gasteiger partial charge in [-0.25, -0.2) is 8.42 Å². The van der Waals surface area contributed by atoms with E-state index in [9.17, 15) is 18.6 Å². The van der Waals surface area contributed by atoms with Crippen molar-refractivity contribution in [1.82, 2.24) is 15.0 Å². The van der Waals surface area contributed by atoms with Crippen molar-refractivity contribution in [3.05, 3.63) is 11.7 Å². The topological polar surface area (TPSA) is 117 Å². The van der Waals surface area contributed by atoms with Gasteiger partial charge in [0.2, 0.25) is 5.89 Å². The van der Waals surface area contributed by atoms with Crippen molar-refractivity contribution < 1.29 is 23.2 Å². The van der Waals surface area contributed by atoms with Crippen molar-refractivity contribution in [3.63, 3.8) is 0 Å². The number of hydrogen-bond donors (Lipinski definition) is 2. The highest BCUT2D eigenvalue weighted by molar-refractivity contribution is 7.91. The average molecular weight is 333 g/mol. The van der Waals surface area contributed by atoms with Crippen molar-refractivity contribution in [3.8, 4) is 0 Å². The van der Waals surface area contributed by atoms with Gasteiger partial charge in [0.25, 0.3) is 0 Å². The molecule has 0 spiro atoms. The standard InChI is InChI=1S/C13H23N3O5S/c1-9(2)5-12-14-13(21-15-12)6-16(3-4-17)10-7-22(19,20)8-11(10)18/h9-11,17-18H,3-8H2,1-2H3/t10-,11-/m0/s1. The average Bonchev–Trinajstić information content (AvgIpc) is 2.92. The number of nitrogens with zero attached hydrogens (tertiary/aromatic N) is 3. The zero-order chi connectivity index (χ0) is 16.3. The van der Waals surface area contributed by atoms with Gasteiger partial charge in [-0.05, 0) is 5.92 Å². The van der Waals surface area contributed by atoms with Gasteiger partial charge in [-0.1, -0.05) is 19.0 Å². The van der Waals surface area contributed by atoms with Gasteiger partial charge < -0.3 is 14.7 Å². The molecule has 2 N–H and O–H groups in total. The Morgan fingerprint density at radius 3 is 2.68 bits per heavy atom. The first-order chi connectivity index (χ1) is 10.3. The van der Waals surface area contributed by atoms with Gasteiger partial charge in [0, 0.05) is 13.0 Å². The number of sulfone groups is 1. The number of aromatic nitrogens is 2. The fraction of sp³-hybridized carbons (Fsp3) is 0.846. The third kappa shape index (κ3) is 4.48. The lowest BCUT2D eigenvalue weighted by Gasteiger charge is -2.27. The Hall–Kier alpha value is -1.03. The van der Waals surface area contributed by atoms with Crippen LogP contribution < -0.4 is 0 Å². The van der Waals surface area contributed by atoms with E-state index >= 15 is 0 Å². The van der Waals surface area contributed by atoms with E-state index < -0.39 is 22.0 Å². The molecule has 22 heavy (non-hydrogen) atoms. The van der Waals surface area contributed by atoms with E-state index in [1.165, 1.54) is 0 Å². The van der Waals surface area contributed by atoms with Crippen molar-refractivity contribution in [2.75, 3.05) is 24.7 Å². The second-order valence-corrected chi connectivity index (χ2v) is 8.26. The molecule has 8 nitrogen and oxygen atoms in total. The first-order valence-corrected chi connectivity index (χ1v) is 9.17. The Labute approximate surface area is 130 Å². The largest absolute Gasteiger partial charge is 0.395 e. The highest BCUT2D eigenvalue weighted by Crippen LogP contribution is 2.20. The molecule has 1 saturated heterocycles. The summed E-state index contributed by atoms with van der Waals surface area (Å²) in [4.78, 5) is 5.96. The molecule has 2 heterocycles. The van der Waals surface area contributed by atoms with Gasteiger partial charge >= 0.3 is 0 Å². The van der Waals surface area contributed by atoms with Gasteiger partial charge in [-0.3, -0.25) is 4.90 Å². The Kier molecular flexibility index (Phi) is 5.54. The molecule has 0 radical (unpaired) electrons. The van der Waals surface area contributed by atoms with Crippen LogP contribution in [0.4, 0.5) is 0 Å². The minimum Gasteiger partial charge on any atom is -0.395 e. The van der Waals surface area contributed by atoms with E-state index in [-0.39, 0.29) is 31.2 Å². The first-order valence-electron chi connectivity index (χ1n) is 7.35. The van der Waals surface area contributed by atoms with Crippen molar-refractivity contribution >= 4 is 9.84 Å². The Bertz CT molecular complexity index is 586. The van der Waals surface area contributed by atoms with Crippen LogP contribution in [0, 0.1) is 5.92 Å². The lowest BCUT2D eigenvalue weighted by Crippen LogP contribution is -2.44. The highest BCUT2D eigenvalue weighted by Gasteiger charge is 2.40. The van der Waals surface area contributed by atoms with Crippen LogP contribution in [0.25, 0.3) is 0 Å². The molecule has 2 rings (SSSR count). The highest BCUT2D eigenvalue weighted by atomic mass is 32.2. The molecule has 0 saturated carbocycles. The maximum Gasteiger partial charge on any atom is 0.240 e. The monoisotopic (exact) mass is 333 g/mol. The number of aliphatic hydroxyl groups is 2. The van der Waals surface area contributed by atoms with E-state index in [4.69, 9.17) is 4.52 Å². The number of hydrogen-bond acceptors (Lipinski definition) is 8. The summed E-state index contributed by atoms with van der Waals surface area (Å²) >= 11 is 0. The normalized spacial score (nSPS) is 24.5. The lowest BCUT2D eigenvalue weighted by atomic mass is 10.1. The van der Waals surface area contributed by atoms with Crippen LogP contribution in [-0.4, -0.2) is 70.5 Å². The van der Waals surface area contributed by atoms with Crippen molar-refractivity contribution in [1.29, 1.82) is 0 Å². The molecule has 1 aliphatic rings. The van der Waals surface area contributed by atoms with Gasteiger partial charge in [-0.2, -0.15) is 4.98 Å². The molecule has 0 amide bonds. The molecule has 0 unspecified atom stereocenters. The van der Waals surface area contributed by atoms with E-state index in [1.54, 1.807) is 4.90 Å². The fourth-order valence-electron chi connectivity index (χ4n) is 2.63. The summed E-state index contributed by atoms with van der Waals surface area (Å²) in [6.45, 7) is 4.40. The second-order valence-electron chi connectivity index (χ2n) is 6.11. The minimum absolute atomic E-state index is 0.124. The Balaban J connectivity index is 2.07. The summed E-state index contributed by atoms with van der Waals surface area (Å²) in [6, 6.07) is -0.558. The SMILES string of the molecule is CC(C)Cc1noc(CN(CCO)[C@H]2CS(=O)(=O)C[C@@H]2O)n1. The predicted octanol–water partition coefficient (Wildman–Crippen LogP) is -0.780. The molecule has 0 aromatic carbocycles. The van der Waals surface area contributed by atoms with Gasteiger partial charge in [-0.15, -0.1) is 0 Å². The lowest BCUT2D eigenvalue weighted by molar-refractivity contribution is 0.0588. The summed E-state index contributed by atoms with van der Waals surface area (Å²) in [5, 5.41) is 23.0. The molecule has 1 aromatic heterocycles. The van der Waals surface area contributed by atoms with Crippen LogP contribution >= 0.6 is 0 Å². The second kappa shape index (κ2) is 7.03. The third-order valence-electron chi connectivity index (χ3n) is 3.59. The molecule has 1 fully saturated rings. The van der Waals surface area contributed by atoms with Crippen LogP contribution in [0.3, 0.4) is 0 Å². The van der Waals surface area contributed by atoms with Crippen LogP contribution in [0.15, 0.2) is 4.52 Å². The molecule has 0 bridgehead atoms. The zero-order valence-electron chi connectivity index (χ0n) is 12.8. The van der Waals surface area contributed by atoms with E-state index in [0.717, 1.165) is 0 Å². The summed E-state index contributed by atoms with van der Waals surface area (Å²) in [5.74, 6) is 0.998. The Morgan fingerprint density at radius 2 is 2.14 bits per heavy atom.